The van der Waals surface area contributed by atoms with Crippen LogP contribution in [0.15, 0.2) is 10.5 Å². The Kier molecular flexibility index (Phi) is 2.49. The zero-order valence-corrected chi connectivity index (χ0v) is 7.83. The van der Waals surface area contributed by atoms with Crippen LogP contribution in [0.25, 0.3) is 0 Å². The lowest BCUT2D eigenvalue weighted by atomic mass is 10.4. The van der Waals surface area contributed by atoms with Crippen molar-refractivity contribution in [2.45, 2.75) is 0 Å². The van der Waals surface area contributed by atoms with Crippen LogP contribution in [0.4, 0.5) is 5.82 Å². The molecular formula is C5H2BrClN2O3. The first-order valence-corrected chi connectivity index (χ1v) is 3.89. The monoisotopic (exact) mass is 252 g/mol. The van der Waals surface area contributed by atoms with Crippen LogP contribution in [-0.2, 0) is 0 Å². The Morgan fingerprint density at radius 3 is 2.83 bits per heavy atom. The van der Waals surface area contributed by atoms with Crippen molar-refractivity contribution in [1.29, 1.82) is 0 Å². The highest BCUT2D eigenvalue weighted by molar-refractivity contribution is 9.10. The number of nitrogens with zero attached hydrogens (tertiary/aromatic N) is 2. The smallest absolute Gasteiger partial charge is 0.407 e. The molecule has 0 spiro atoms. The Hall–Kier alpha value is -0.880. The van der Waals surface area contributed by atoms with E-state index in [0.29, 0.717) is 4.47 Å². The van der Waals surface area contributed by atoms with Gasteiger partial charge in [-0.2, -0.15) is 0 Å². The molecule has 1 aromatic rings. The molecule has 0 unspecified atom stereocenters. The van der Waals surface area contributed by atoms with E-state index in [4.69, 9.17) is 16.7 Å². The highest BCUT2D eigenvalue weighted by atomic mass is 79.9. The molecule has 64 valence electrons. The molecule has 0 aliphatic heterocycles. The minimum absolute atomic E-state index is 0.0560. The minimum atomic E-state index is -0.812. The van der Waals surface area contributed by atoms with Gasteiger partial charge < -0.3 is 15.2 Å². The van der Waals surface area contributed by atoms with Crippen molar-refractivity contribution in [3.8, 4) is 5.75 Å². The van der Waals surface area contributed by atoms with Crippen LogP contribution in [0.1, 0.15) is 0 Å². The zero-order valence-electron chi connectivity index (χ0n) is 5.49. The first kappa shape index (κ1) is 9.21. The van der Waals surface area contributed by atoms with Crippen LogP contribution in [0, 0.1) is 10.1 Å². The molecule has 12 heavy (non-hydrogen) atoms. The molecule has 0 aliphatic rings. The Bertz CT molecular complexity index is 344. The molecule has 0 atom stereocenters. The van der Waals surface area contributed by atoms with E-state index in [1.807, 2.05) is 0 Å². The molecule has 0 radical (unpaired) electrons. The quantitative estimate of drug-likeness (QED) is 0.472. The lowest BCUT2D eigenvalue weighted by molar-refractivity contribution is -0.390. The minimum Gasteiger partial charge on any atom is -0.501 e. The summed E-state index contributed by atoms with van der Waals surface area (Å²) in [6.07, 6.45) is 0. The SMILES string of the molecule is O=[N+]([O-])c1nc(Cl)c(Br)cc1O. The van der Waals surface area contributed by atoms with Gasteiger partial charge in [-0.1, -0.05) is 0 Å². The zero-order chi connectivity index (χ0) is 9.30. The number of pyridine rings is 1. The lowest BCUT2D eigenvalue weighted by Gasteiger charge is -1.95. The molecule has 1 heterocycles. The van der Waals surface area contributed by atoms with Crippen molar-refractivity contribution >= 4 is 33.3 Å². The van der Waals surface area contributed by atoms with Gasteiger partial charge in [0.05, 0.1) is 4.47 Å². The highest BCUT2D eigenvalue weighted by Gasteiger charge is 2.18. The maximum atomic E-state index is 10.2. The summed E-state index contributed by atoms with van der Waals surface area (Å²) in [5.41, 5.74) is 0. The topological polar surface area (TPSA) is 76.3 Å². The summed E-state index contributed by atoms with van der Waals surface area (Å²) in [6, 6.07) is 1.12. The summed E-state index contributed by atoms with van der Waals surface area (Å²) >= 11 is 8.41. The second-order valence-corrected chi connectivity index (χ2v) is 3.07. The average Bonchev–Trinajstić information content (AvgIpc) is 1.96. The summed E-state index contributed by atoms with van der Waals surface area (Å²) in [5.74, 6) is -1.17. The second kappa shape index (κ2) is 3.24. The van der Waals surface area contributed by atoms with E-state index in [9.17, 15) is 10.1 Å². The molecule has 0 amide bonds. The molecule has 5 nitrogen and oxygen atoms in total. The van der Waals surface area contributed by atoms with Gasteiger partial charge in [-0.25, -0.2) is 0 Å². The summed E-state index contributed by atoms with van der Waals surface area (Å²) in [5, 5.41) is 19.1. The van der Waals surface area contributed by atoms with E-state index in [1.54, 1.807) is 0 Å². The van der Waals surface area contributed by atoms with Crippen molar-refractivity contribution in [3.63, 3.8) is 0 Å². The van der Waals surface area contributed by atoms with E-state index >= 15 is 0 Å². The van der Waals surface area contributed by atoms with Crippen LogP contribution in [-0.4, -0.2) is 15.0 Å². The van der Waals surface area contributed by atoms with Gasteiger partial charge in [0.2, 0.25) is 5.75 Å². The van der Waals surface area contributed by atoms with Gasteiger partial charge in [0.25, 0.3) is 5.15 Å². The third-order valence-electron chi connectivity index (χ3n) is 1.07. The fourth-order valence-electron chi connectivity index (χ4n) is 0.582. The lowest BCUT2D eigenvalue weighted by Crippen LogP contribution is -1.93. The number of aromatic nitrogens is 1. The largest absolute Gasteiger partial charge is 0.501 e. The third kappa shape index (κ3) is 1.64. The maximum absolute atomic E-state index is 10.2. The maximum Gasteiger partial charge on any atom is 0.407 e. The molecule has 0 aromatic carbocycles. The predicted octanol–water partition coefficient (Wildman–Crippen LogP) is 2.11. The Morgan fingerprint density at radius 2 is 2.33 bits per heavy atom. The predicted molar refractivity (Wildman–Crippen MR) is 45.3 cm³/mol. The van der Waals surface area contributed by atoms with Crippen molar-refractivity contribution in [1.82, 2.24) is 4.98 Å². The summed E-state index contributed by atoms with van der Waals surface area (Å²) < 4.78 is 0.312. The van der Waals surface area contributed by atoms with Crippen LogP contribution < -0.4 is 0 Å². The van der Waals surface area contributed by atoms with E-state index in [2.05, 4.69) is 20.9 Å². The van der Waals surface area contributed by atoms with Gasteiger partial charge in [-0.05, 0) is 37.4 Å². The molecule has 1 rings (SSSR count). The van der Waals surface area contributed by atoms with Gasteiger partial charge in [0.1, 0.15) is 0 Å². The molecule has 0 fully saturated rings. The van der Waals surface area contributed by atoms with Crippen molar-refractivity contribution in [3.05, 3.63) is 25.8 Å². The summed E-state index contributed by atoms with van der Waals surface area (Å²) in [6.45, 7) is 0. The van der Waals surface area contributed by atoms with Gasteiger partial charge in [0, 0.05) is 6.07 Å². The molecule has 0 bridgehead atoms. The highest BCUT2D eigenvalue weighted by Crippen LogP contribution is 2.31. The molecule has 7 heteroatoms. The van der Waals surface area contributed by atoms with Gasteiger partial charge >= 0.3 is 5.82 Å². The summed E-state index contributed by atoms with van der Waals surface area (Å²) in [4.78, 5) is 12.7. The van der Waals surface area contributed by atoms with E-state index in [-0.39, 0.29) is 5.15 Å². The van der Waals surface area contributed by atoms with Crippen LogP contribution in [0.3, 0.4) is 0 Å². The Labute approximate surface area is 80.3 Å². The number of hydrogen-bond acceptors (Lipinski definition) is 4. The van der Waals surface area contributed by atoms with Crippen LogP contribution >= 0.6 is 27.5 Å². The molecule has 1 N–H and O–H groups in total. The van der Waals surface area contributed by atoms with Crippen LogP contribution in [0.5, 0.6) is 5.75 Å². The van der Waals surface area contributed by atoms with E-state index in [0.717, 1.165) is 6.07 Å². The molecule has 0 aliphatic carbocycles. The Morgan fingerprint density at radius 1 is 1.75 bits per heavy atom. The number of hydrogen-bond donors (Lipinski definition) is 1. The fourth-order valence-corrected chi connectivity index (χ4v) is 1.02. The second-order valence-electron chi connectivity index (χ2n) is 1.86. The standard InChI is InChI=1S/C5H2BrClN2O3/c6-2-1-3(10)5(9(11)12)8-4(2)7/h1,10H. The third-order valence-corrected chi connectivity index (χ3v) is 2.19. The molecule has 1 aromatic heterocycles. The molecule has 0 saturated carbocycles. The number of aromatic hydroxyl groups is 1. The van der Waals surface area contributed by atoms with Gasteiger partial charge in [-0.15, -0.1) is 0 Å². The number of nitro groups is 1. The van der Waals surface area contributed by atoms with Crippen LogP contribution in [0.2, 0.25) is 5.15 Å². The Balaban J connectivity index is 3.33. The number of rotatable bonds is 1. The molecular weight excluding hydrogens is 251 g/mol. The van der Waals surface area contributed by atoms with E-state index < -0.39 is 16.5 Å². The van der Waals surface area contributed by atoms with E-state index in [1.165, 1.54) is 0 Å². The van der Waals surface area contributed by atoms with Crippen molar-refractivity contribution < 1.29 is 10.0 Å². The summed E-state index contributed by atoms with van der Waals surface area (Å²) in [7, 11) is 0. The number of halogens is 2. The van der Waals surface area contributed by atoms with Gasteiger partial charge in [-0.3, -0.25) is 0 Å². The first-order chi connectivity index (χ1) is 5.52. The first-order valence-electron chi connectivity index (χ1n) is 2.71. The average molecular weight is 253 g/mol. The molecule has 0 saturated heterocycles. The van der Waals surface area contributed by atoms with Gasteiger partial charge in [0.15, 0.2) is 0 Å². The van der Waals surface area contributed by atoms with Crippen molar-refractivity contribution in [2.75, 3.05) is 0 Å². The normalized spacial score (nSPS) is 9.83. The van der Waals surface area contributed by atoms with Crippen molar-refractivity contribution in [2.24, 2.45) is 0 Å². The fraction of sp³-hybridized carbons (Fsp3) is 0.